The van der Waals surface area contributed by atoms with Gasteiger partial charge in [-0.3, -0.25) is 0 Å². The summed E-state index contributed by atoms with van der Waals surface area (Å²) >= 11 is 0. The Morgan fingerprint density at radius 2 is 0.667 bits per heavy atom. The molecule has 3 aromatic heterocycles. The minimum absolute atomic E-state index is 1.10. The van der Waals surface area contributed by atoms with Gasteiger partial charge in [-0.2, -0.15) is 0 Å². The van der Waals surface area contributed by atoms with Crippen LogP contribution in [0.2, 0.25) is 0 Å². The first kappa shape index (κ1) is 35.4. The minimum Gasteiger partial charge on any atom is -0.309 e. The van der Waals surface area contributed by atoms with Crippen LogP contribution in [-0.2, 0) is 0 Å². The molecule has 1 aliphatic rings. The van der Waals surface area contributed by atoms with E-state index in [0.29, 0.717) is 0 Å². The van der Waals surface area contributed by atoms with Crippen molar-refractivity contribution < 1.29 is 0 Å². The Bertz CT molecular complexity index is 3830. The van der Waals surface area contributed by atoms with Crippen molar-refractivity contribution >= 4 is 76.7 Å². The lowest BCUT2D eigenvalue weighted by Crippen LogP contribution is -2.08. The Hall–Kier alpha value is -8.40. The molecule has 63 heavy (non-hydrogen) atoms. The molecule has 294 valence electrons. The van der Waals surface area contributed by atoms with Crippen LogP contribution in [0.3, 0.4) is 0 Å². The smallest absolute Gasteiger partial charge is 0.0620 e. The molecule has 3 heteroatoms. The van der Waals surface area contributed by atoms with Crippen LogP contribution in [-0.4, -0.2) is 13.7 Å². The third-order valence-corrected chi connectivity index (χ3v) is 13.2. The molecule has 0 unspecified atom stereocenters. The maximum Gasteiger partial charge on any atom is 0.0620 e. The molecular weight excluding hydrogens is 763 g/mol. The quantitative estimate of drug-likeness (QED) is 0.154. The second-order valence-electron chi connectivity index (χ2n) is 16.5. The summed E-state index contributed by atoms with van der Waals surface area (Å²) < 4.78 is 7.38. The largest absolute Gasteiger partial charge is 0.309 e. The van der Waals surface area contributed by atoms with Gasteiger partial charge in [0.1, 0.15) is 0 Å². The highest BCUT2D eigenvalue weighted by Gasteiger charge is 2.27. The molecule has 13 rings (SSSR count). The van der Waals surface area contributed by atoms with Gasteiger partial charge >= 0.3 is 0 Å². The van der Waals surface area contributed by atoms with Gasteiger partial charge in [-0.15, -0.1) is 0 Å². The van der Waals surface area contributed by atoms with Gasteiger partial charge in [0.2, 0.25) is 0 Å². The summed E-state index contributed by atoms with van der Waals surface area (Å²) in [6.07, 6.45) is 6.22. The van der Waals surface area contributed by atoms with Crippen molar-refractivity contribution in [3.8, 4) is 33.6 Å². The molecule has 0 saturated carbocycles. The number of allylic oxidation sites excluding steroid dienone is 4. The van der Waals surface area contributed by atoms with E-state index in [1.54, 1.807) is 0 Å². The zero-order chi connectivity index (χ0) is 41.6. The molecule has 9 aromatic carbocycles. The lowest BCUT2D eigenvalue weighted by molar-refractivity contribution is 1.16. The van der Waals surface area contributed by atoms with Crippen LogP contribution in [0.4, 0.5) is 0 Å². The van der Waals surface area contributed by atoms with Gasteiger partial charge in [-0.25, -0.2) is 0 Å². The highest BCUT2D eigenvalue weighted by Crippen LogP contribution is 2.48. The van der Waals surface area contributed by atoms with Crippen molar-refractivity contribution in [1.29, 1.82) is 0 Å². The van der Waals surface area contributed by atoms with Crippen LogP contribution in [0.1, 0.15) is 11.1 Å². The number of nitrogens with zero attached hydrogens (tertiary/aromatic N) is 3. The normalized spacial score (nSPS) is 13.8. The molecule has 0 amide bonds. The summed E-state index contributed by atoms with van der Waals surface area (Å²) in [5.41, 5.74) is 18.7. The fraction of sp³-hybridized carbons (Fsp3) is 0. The molecule has 3 nitrogen and oxygen atoms in total. The first-order valence-electron chi connectivity index (χ1n) is 21.6. The molecule has 0 aliphatic heterocycles. The Morgan fingerprint density at radius 3 is 1.17 bits per heavy atom. The summed E-state index contributed by atoms with van der Waals surface area (Å²) in [6, 6.07) is 75.9. The van der Waals surface area contributed by atoms with Crippen molar-refractivity contribution in [2.24, 2.45) is 0 Å². The number of benzene rings is 9. The molecule has 0 radical (unpaired) electrons. The third-order valence-electron chi connectivity index (χ3n) is 13.2. The molecule has 12 aromatic rings. The average molecular weight is 802 g/mol. The van der Waals surface area contributed by atoms with E-state index in [2.05, 4.69) is 239 Å². The number of rotatable bonds is 5. The Labute approximate surface area is 364 Å². The van der Waals surface area contributed by atoms with E-state index in [9.17, 15) is 0 Å². The summed E-state index contributed by atoms with van der Waals surface area (Å²) in [6.45, 7) is 4.15. The summed E-state index contributed by atoms with van der Waals surface area (Å²) in [5.74, 6) is 0. The number of hydrogen-bond donors (Lipinski definition) is 0. The first-order chi connectivity index (χ1) is 31.3. The summed E-state index contributed by atoms with van der Waals surface area (Å²) in [4.78, 5) is 0. The van der Waals surface area contributed by atoms with E-state index in [-0.39, 0.29) is 0 Å². The second-order valence-corrected chi connectivity index (χ2v) is 16.5. The van der Waals surface area contributed by atoms with Crippen molar-refractivity contribution in [2.75, 3.05) is 0 Å². The van der Waals surface area contributed by atoms with Crippen molar-refractivity contribution in [2.45, 2.75) is 0 Å². The monoisotopic (exact) mass is 801 g/mol. The highest BCUT2D eigenvalue weighted by atomic mass is 15.0. The van der Waals surface area contributed by atoms with Crippen molar-refractivity contribution in [3.05, 3.63) is 242 Å². The predicted molar refractivity (Wildman–Crippen MR) is 267 cm³/mol. The molecule has 0 spiro atoms. The second kappa shape index (κ2) is 13.8. The van der Waals surface area contributed by atoms with Gasteiger partial charge < -0.3 is 13.7 Å². The molecule has 0 saturated heterocycles. The maximum absolute atomic E-state index is 4.15. The highest BCUT2D eigenvalue weighted by molar-refractivity contribution is 6.16. The van der Waals surface area contributed by atoms with Crippen LogP contribution in [0.5, 0.6) is 0 Å². The molecule has 0 fully saturated rings. The zero-order valence-electron chi connectivity index (χ0n) is 34.4. The van der Waals surface area contributed by atoms with E-state index in [4.69, 9.17) is 0 Å². The van der Waals surface area contributed by atoms with E-state index in [0.717, 1.165) is 50.3 Å². The number of hydrogen-bond acceptors (Lipinski definition) is 0. The van der Waals surface area contributed by atoms with E-state index in [1.807, 2.05) is 6.08 Å². The maximum atomic E-state index is 4.15. The van der Waals surface area contributed by atoms with Crippen LogP contribution < -0.4 is 0 Å². The van der Waals surface area contributed by atoms with Crippen LogP contribution in [0.25, 0.3) is 110 Å². The topological polar surface area (TPSA) is 14.8 Å². The fourth-order valence-corrected chi connectivity index (χ4v) is 10.6. The lowest BCUT2D eigenvalue weighted by atomic mass is 9.82. The molecule has 0 atom stereocenters. The Kier molecular flexibility index (Phi) is 7.76. The van der Waals surface area contributed by atoms with Crippen LogP contribution in [0, 0.1) is 0 Å². The van der Waals surface area contributed by atoms with Gasteiger partial charge in [0.15, 0.2) is 0 Å². The van der Waals surface area contributed by atoms with Gasteiger partial charge in [-0.1, -0.05) is 170 Å². The van der Waals surface area contributed by atoms with E-state index in [1.165, 1.54) is 71.2 Å². The first-order valence-corrected chi connectivity index (χ1v) is 21.6. The third kappa shape index (κ3) is 5.14. The van der Waals surface area contributed by atoms with E-state index < -0.39 is 0 Å². The summed E-state index contributed by atoms with van der Waals surface area (Å²) in [7, 11) is 0. The number of para-hydroxylation sites is 5. The Balaban J connectivity index is 1.14. The molecular formula is C60H39N3. The standard InChI is InChI=1S/C60H39N3/c1-2-3-18-51-44-22-7-6-20-42(44)41-19-4-5-21-43(41)45-35-33-39(38-53(45)60(51)63-57-31-16-10-25-48(57)49-26-11-17-32-58(49)63)62-56-30-15-12-27-50(56)52-37-40(34-36-59(52)62)61-54-28-13-8-23-46(54)47-24-9-14-29-55(47)61/h2-38H,1H2/b18-3-,42-41?,45-43?,51-44?,60-51+,60-53?. The van der Waals surface area contributed by atoms with Crippen molar-refractivity contribution in [1.82, 2.24) is 13.7 Å². The number of fused-ring (bicyclic) bond motifs is 14. The molecule has 0 N–H and O–H groups in total. The van der Waals surface area contributed by atoms with Crippen LogP contribution >= 0.6 is 0 Å². The van der Waals surface area contributed by atoms with Gasteiger partial charge in [-0.05, 0) is 88.5 Å². The lowest BCUT2D eigenvalue weighted by Gasteiger charge is -2.27. The minimum atomic E-state index is 1.10. The SMILES string of the molecule is C=C/C=C\C1=C(/n2c3ccccc3c3ccccc32)c2cc(-n3c4ccccc4c4cc(-n5c6ccccc6c6ccccc65)ccc43)ccc2-c2ccccc2-c2ccccc21. The van der Waals surface area contributed by atoms with Gasteiger partial charge in [0.25, 0.3) is 0 Å². The van der Waals surface area contributed by atoms with E-state index >= 15 is 0 Å². The molecule has 0 bridgehead atoms. The van der Waals surface area contributed by atoms with Crippen molar-refractivity contribution in [3.63, 3.8) is 0 Å². The Morgan fingerprint density at radius 1 is 0.302 bits per heavy atom. The average Bonchev–Trinajstić information content (AvgIpc) is 3.98. The predicted octanol–water partition coefficient (Wildman–Crippen LogP) is 15.8. The van der Waals surface area contributed by atoms with Gasteiger partial charge in [0, 0.05) is 54.8 Å². The zero-order valence-corrected chi connectivity index (χ0v) is 34.4. The summed E-state index contributed by atoms with van der Waals surface area (Å²) in [5, 5.41) is 7.40. The van der Waals surface area contributed by atoms with Gasteiger partial charge in [0.05, 0.1) is 38.8 Å². The fourth-order valence-electron chi connectivity index (χ4n) is 10.6. The molecule has 3 heterocycles. The number of aromatic nitrogens is 3. The van der Waals surface area contributed by atoms with Crippen LogP contribution in [0.15, 0.2) is 231 Å². The molecule has 1 aliphatic carbocycles.